The van der Waals surface area contributed by atoms with Gasteiger partial charge in [0.15, 0.2) is 0 Å². The van der Waals surface area contributed by atoms with Gasteiger partial charge in [-0.2, -0.15) is 0 Å². The molecule has 3 saturated carbocycles. The summed E-state index contributed by atoms with van der Waals surface area (Å²) in [5.41, 5.74) is 1.34. The normalized spacial score (nSPS) is 39.0. The second kappa shape index (κ2) is 8.37. The number of fused-ring (bicyclic) bond motifs is 1. The van der Waals surface area contributed by atoms with E-state index in [1.54, 1.807) is 0 Å². The van der Waals surface area contributed by atoms with Crippen molar-refractivity contribution in [1.29, 1.82) is 0 Å². The van der Waals surface area contributed by atoms with E-state index in [1.807, 2.05) is 0 Å². The molecule has 150 valence electrons. The quantitative estimate of drug-likeness (QED) is 0.517. The van der Waals surface area contributed by atoms with Gasteiger partial charge in [0.25, 0.3) is 0 Å². The highest BCUT2D eigenvalue weighted by molar-refractivity contribution is 5.66. The molecule has 6 atom stereocenters. The van der Waals surface area contributed by atoms with Gasteiger partial charge in [-0.05, 0) is 55.3 Å². The van der Waals surface area contributed by atoms with Crippen LogP contribution in [0.1, 0.15) is 71.6 Å². The summed E-state index contributed by atoms with van der Waals surface area (Å²) < 4.78 is 0. The Labute approximate surface area is 163 Å². The van der Waals surface area contributed by atoms with Crippen LogP contribution in [0.15, 0.2) is 11.6 Å². The van der Waals surface area contributed by atoms with Gasteiger partial charge >= 0.3 is 5.97 Å². The predicted molar refractivity (Wildman–Crippen MR) is 105 cm³/mol. The SMILES string of the molecule is CC1/C(=C/CCC(=O)O)C2(C)CCC(O)C(C#CC(O)C3CCCCC3)C12. The number of carboxylic acid groups (broad SMARTS) is 1. The Morgan fingerprint density at radius 1 is 1.30 bits per heavy atom. The molecular weight excluding hydrogens is 340 g/mol. The third kappa shape index (κ3) is 4.10. The van der Waals surface area contributed by atoms with Crippen LogP contribution in [0.25, 0.3) is 0 Å². The van der Waals surface area contributed by atoms with Crippen LogP contribution in [0.2, 0.25) is 0 Å². The van der Waals surface area contributed by atoms with Crippen LogP contribution in [0.4, 0.5) is 0 Å². The maximum atomic E-state index is 10.8. The van der Waals surface area contributed by atoms with Crippen LogP contribution in [0.3, 0.4) is 0 Å². The molecule has 0 radical (unpaired) electrons. The molecule has 3 N–H and O–H groups in total. The molecule has 0 aliphatic heterocycles. The third-order valence-electron chi connectivity index (χ3n) is 7.40. The van der Waals surface area contributed by atoms with E-state index in [2.05, 4.69) is 31.8 Å². The molecule has 3 aliphatic carbocycles. The van der Waals surface area contributed by atoms with Gasteiger partial charge in [0.2, 0.25) is 0 Å². The molecular formula is C23H34O4. The lowest BCUT2D eigenvalue weighted by Crippen LogP contribution is -2.56. The zero-order valence-corrected chi connectivity index (χ0v) is 16.7. The van der Waals surface area contributed by atoms with Crippen LogP contribution < -0.4 is 0 Å². The molecule has 3 rings (SSSR count). The monoisotopic (exact) mass is 374 g/mol. The minimum Gasteiger partial charge on any atom is -0.481 e. The highest BCUT2D eigenvalue weighted by Crippen LogP contribution is 2.64. The first-order valence-electron chi connectivity index (χ1n) is 10.6. The highest BCUT2D eigenvalue weighted by Gasteiger charge is 2.58. The summed E-state index contributed by atoms with van der Waals surface area (Å²) in [6, 6.07) is 0. The van der Waals surface area contributed by atoms with Crippen molar-refractivity contribution < 1.29 is 20.1 Å². The first kappa shape index (κ1) is 20.4. The summed E-state index contributed by atoms with van der Waals surface area (Å²) in [5.74, 6) is 6.38. The second-order valence-electron chi connectivity index (χ2n) is 9.09. The molecule has 3 aliphatic rings. The molecule has 3 fully saturated rings. The molecule has 6 unspecified atom stereocenters. The largest absolute Gasteiger partial charge is 0.481 e. The van der Waals surface area contributed by atoms with Crippen LogP contribution in [-0.2, 0) is 4.79 Å². The summed E-state index contributed by atoms with van der Waals surface area (Å²) in [5, 5.41) is 30.0. The fourth-order valence-electron chi connectivity index (χ4n) is 5.95. The van der Waals surface area contributed by atoms with Gasteiger partial charge in [-0.15, -0.1) is 0 Å². The maximum absolute atomic E-state index is 10.8. The fourth-order valence-corrected chi connectivity index (χ4v) is 5.95. The van der Waals surface area contributed by atoms with Gasteiger partial charge in [-0.25, -0.2) is 0 Å². The smallest absolute Gasteiger partial charge is 0.303 e. The first-order chi connectivity index (χ1) is 12.8. The van der Waals surface area contributed by atoms with E-state index in [1.165, 1.54) is 24.8 Å². The van der Waals surface area contributed by atoms with Gasteiger partial charge < -0.3 is 15.3 Å². The maximum Gasteiger partial charge on any atom is 0.303 e. The number of carboxylic acids is 1. The van der Waals surface area contributed by atoms with Crippen molar-refractivity contribution in [3.05, 3.63) is 11.6 Å². The van der Waals surface area contributed by atoms with E-state index in [-0.39, 0.29) is 29.6 Å². The molecule has 27 heavy (non-hydrogen) atoms. The first-order valence-corrected chi connectivity index (χ1v) is 10.6. The van der Waals surface area contributed by atoms with Gasteiger partial charge in [-0.1, -0.05) is 56.6 Å². The Morgan fingerprint density at radius 2 is 2.00 bits per heavy atom. The molecule has 0 heterocycles. The van der Waals surface area contributed by atoms with E-state index in [9.17, 15) is 15.0 Å². The number of carbonyl (C=O) groups is 1. The van der Waals surface area contributed by atoms with Gasteiger partial charge in [-0.3, -0.25) is 4.79 Å². The van der Waals surface area contributed by atoms with E-state index >= 15 is 0 Å². The number of aliphatic hydroxyl groups is 2. The number of hydrogen-bond donors (Lipinski definition) is 3. The van der Waals surface area contributed by atoms with Crippen LogP contribution in [-0.4, -0.2) is 33.5 Å². The van der Waals surface area contributed by atoms with Crippen molar-refractivity contribution in [2.75, 3.05) is 0 Å². The Kier molecular flexibility index (Phi) is 6.33. The molecule has 0 aromatic rings. The van der Waals surface area contributed by atoms with Crippen molar-refractivity contribution in [2.24, 2.45) is 29.1 Å². The summed E-state index contributed by atoms with van der Waals surface area (Å²) in [6.45, 7) is 4.41. The Balaban J connectivity index is 1.71. The number of aliphatic hydroxyl groups excluding tert-OH is 2. The van der Waals surface area contributed by atoms with Crippen molar-refractivity contribution >= 4 is 5.97 Å². The lowest BCUT2D eigenvalue weighted by molar-refractivity contribution is -0.136. The fraction of sp³-hybridized carbons (Fsp3) is 0.783. The zero-order valence-electron chi connectivity index (χ0n) is 16.7. The second-order valence-corrected chi connectivity index (χ2v) is 9.09. The lowest BCUT2D eigenvalue weighted by Gasteiger charge is -2.61. The topological polar surface area (TPSA) is 77.8 Å². The standard InChI is InChI=1S/C23H34O4/c1-15-18(9-6-10-21(26)27)23(2)14-13-20(25)17(22(15)23)11-12-19(24)16-7-4-3-5-8-16/h9,15-17,19-20,22,24-25H,3-8,10,13-14H2,1-2H3,(H,26,27)/b18-9-. The average molecular weight is 375 g/mol. The molecule has 4 nitrogen and oxygen atoms in total. The minimum atomic E-state index is -0.764. The van der Waals surface area contributed by atoms with Crippen LogP contribution in [0, 0.1) is 40.9 Å². The molecule has 0 spiro atoms. The molecule has 0 amide bonds. The van der Waals surface area contributed by atoms with Crippen molar-refractivity contribution in [3.8, 4) is 11.8 Å². The van der Waals surface area contributed by atoms with Crippen molar-refractivity contribution in [3.63, 3.8) is 0 Å². The summed E-state index contributed by atoms with van der Waals surface area (Å²) >= 11 is 0. The molecule has 0 aromatic carbocycles. The minimum absolute atomic E-state index is 0.00624. The molecule has 0 saturated heterocycles. The number of allylic oxidation sites excluding steroid dienone is 2. The zero-order chi connectivity index (χ0) is 19.6. The van der Waals surface area contributed by atoms with Gasteiger partial charge in [0.05, 0.1) is 12.0 Å². The average Bonchev–Trinajstić information content (AvgIpc) is 2.65. The van der Waals surface area contributed by atoms with E-state index < -0.39 is 18.2 Å². The highest BCUT2D eigenvalue weighted by atomic mass is 16.4. The van der Waals surface area contributed by atoms with Gasteiger partial charge in [0, 0.05) is 6.42 Å². The number of aliphatic carboxylic acids is 1. The van der Waals surface area contributed by atoms with Crippen LogP contribution in [0.5, 0.6) is 0 Å². The summed E-state index contributed by atoms with van der Waals surface area (Å²) in [4.78, 5) is 10.8. The van der Waals surface area contributed by atoms with E-state index in [0.717, 1.165) is 25.7 Å². The Morgan fingerprint density at radius 3 is 2.67 bits per heavy atom. The summed E-state index contributed by atoms with van der Waals surface area (Å²) in [6.07, 6.45) is 9.18. The van der Waals surface area contributed by atoms with Crippen molar-refractivity contribution in [2.45, 2.75) is 83.8 Å². The summed E-state index contributed by atoms with van der Waals surface area (Å²) in [7, 11) is 0. The Bertz CT molecular complexity index is 636. The molecule has 0 aromatic heterocycles. The molecule has 0 bridgehead atoms. The van der Waals surface area contributed by atoms with Crippen LogP contribution >= 0.6 is 0 Å². The van der Waals surface area contributed by atoms with E-state index in [0.29, 0.717) is 12.3 Å². The van der Waals surface area contributed by atoms with Gasteiger partial charge in [0.1, 0.15) is 6.10 Å². The van der Waals surface area contributed by atoms with E-state index in [4.69, 9.17) is 5.11 Å². The predicted octanol–water partition coefficient (Wildman–Crippen LogP) is 3.77. The Hall–Kier alpha value is -1.31. The number of rotatable bonds is 4. The molecule has 4 heteroatoms. The van der Waals surface area contributed by atoms with Crippen molar-refractivity contribution in [1.82, 2.24) is 0 Å². The number of hydrogen-bond acceptors (Lipinski definition) is 3. The third-order valence-corrected chi connectivity index (χ3v) is 7.40. The lowest BCUT2D eigenvalue weighted by atomic mass is 9.43.